The Hall–Kier alpha value is -0.870. The Morgan fingerprint density at radius 1 is 1.69 bits per heavy atom. The van der Waals surface area contributed by atoms with Crippen molar-refractivity contribution in [3.63, 3.8) is 0 Å². The molecule has 1 aliphatic rings. The van der Waals surface area contributed by atoms with Gasteiger partial charge in [-0.25, -0.2) is 4.79 Å². The Labute approximate surface area is 77.5 Å². The normalized spacial score (nSPS) is 28.1. The fourth-order valence-corrected chi connectivity index (χ4v) is 1.26. The van der Waals surface area contributed by atoms with Gasteiger partial charge in [0, 0.05) is 13.2 Å². The molecule has 13 heavy (non-hydrogen) atoms. The molecule has 0 spiro atoms. The summed E-state index contributed by atoms with van der Waals surface area (Å²) in [7, 11) is 1.53. The molecule has 0 N–H and O–H groups in total. The topological polar surface area (TPSA) is 44.8 Å². The molecule has 0 aromatic carbocycles. The minimum absolute atomic E-state index is 0.302. The standard InChI is InChI=1S/C9H14O4/c1-3-8(10)13-7-5-4-6-12-9(7)11-2/h3,7,9H,1,4-6H2,2H3. The van der Waals surface area contributed by atoms with Crippen molar-refractivity contribution in [2.75, 3.05) is 13.7 Å². The van der Waals surface area contributed by atoms with E-state index in [4.69, 9.17) is 14.2 Å². The maximum atomic E-state index is 10.9. The van der Waals surface area contributed by atoms with E-state index < -0.39 is 12.3 Å². The van der Waals surface area contributed by atoms with Crippen LogP contribution in [0.1, 0.15) is 12.8 Å². The molecule has 4 nitrogen and oxygen atoms in total. The number of carbonyl (C=O) groups is 1. The third-order valence-corrected chi connectivity index (χ3v) is 1.89. The van der Waals surface area contributed by atoms with Crippen LogP contribution in [0, 0.1) is 0 Å². The first-order valence-electron chi connectivity index (χ1n) is 4.25. The van der Waals surface area contributed by atoms with Crippen molar-refractivity contribution in [2.24, 2.45) is 0 Å². The third-order valence-electron chi connectivity index (χ3n) is 1.89. The number of hydrogen-bond acceptors (Lipinski definition) is 4. The number of methoxy groups -OCH3 is 1. The van der Waals surface area contributed by atoms with Gasteiger partial charge in [-0.15, -0.1) is 0 Å². The molecule has 0 aromatic rings. The molecular formula is C9H14O4. The average Bonchev–Trinajstić information content (AvgIpc) is 2.18. The Bertz CT molecular complexity index is 190. The van der Waals surface area contributed by atoms with E-state index in [0.717, 1.165) is 18.9 Å². The second kappa shape index (κ2) is 4.99. The summed E-state index contributed by atoms with van der Waals surface area (Å²) in [5.41, 5.74) is 0. The molecule has 0 amide bonds. The molecular weight excluding hydrogens is 172 g/mol. The van der Waals surface area contributed by atoms with Gasteiger partial charge in [0.05, 0.1) is 6.61 Å². The lowest BCUT2D eigenvalue weighted by Gasteiger charge is -2.29. The molecule has 0 saturated carbocycles. The van der Waals surface area contributed by atoms with E-state index >= 15 is 0 Å². The van der Waals surface area contributed by atoms with Crippen molar-refractivity contribution in [1.29, 1.82) is 0 Å². The molecule has 1 fully saturated rings. The lowest BCUT2D eigenvalue weighted by atomic mass is 10.1. The highest BCUT2D eigenvalue weighted by Crippen LogP contribution is 2.17. The van der Waals surface area contributed by atoms with Crippen molar-refractivity contribution in [3.05, 3.63) is 12.7 Å². The number of esters is 1. The second-order valence-corrected chi connectivity index (χ2v) is 2.80. The Morgan fingerprint density at radius 3 is 3.08 bits per heavy atom. The van der Waals surface area contributed by atoms with Gasteiger partial charge in [-0.2, -0.15) is 0 Å². The molecule has 1 heterocycles. The molecule has 0 radical (unpaired) electrons. The Morgan fingerprint density at radius 2 is 2.46 bits per heavy atom. The van der Waals surface area contributed by atoms with Crippen molar-refractivity contribution >= 4 is 5.97 Å². The minimum Gasteiger partial charge on any atom is -0.454 e. The number of rotatable bonds is 3. The molecule has 74 valence electrons. The summed E-state index contributed by atoms with van der Waals surface area (Å²) in [6.07, 6.45) is 2.07. The molecule has 4 heteroatoms. The van der Waals surface area contributed by atoms with Crippen LogP contribution in [-0.2, 0) is 19.0 Å². The highest BCUT2D eigenvalue weighted by atomic mass is 16.7. The fourth-order valence-electron chi connectivity index (χ4n) is 1.26. The monoisotopic (exact) mass is 186 g/mol. The van der Waals surface area contributed by atoms with E-state index in [1.807, 2.05) is 0 Å². The number of ether oxygens (including phenoxy) is 3. The molecule has 0 aromatic heterocycles. The molecule has 0 aliphatic carbocycles. The Kier molecular flexibility index (Phi) is 3.92. The van der Waals surface area contributed by atoms with E-state index in [1.165, 1.54) is 7.11 Å². The van der Waals surface area contributed by atoms with E-state index in [0.29, 0.717) is 6.61 Å². The molecule has 1 aliphatic heterocycles. The van der Waals surface area contributed by atoms with Gasteiger partial charge in [0.2, 0.25) is 0 Å². The zero-order valence-corrected chi connectivity index (χ0v) is 7.69. The summed E-state index contributed by atoms with van der Waals surface area (Å²) in [5, 5.41) is 0. The largest absolute Gasteiger partial charge is 0.454 e. The predicted molar refractivity (Wildman–Crippen MR) is 46.1 cm³/mol. The Balaban J connectivity index is 2.44. The summed E-state index contributed by atoms with van der Waals surface area (Å²) < 4.78 is 15.3. The summed E-state index contributed by atoms with van der Waals surface area (Å²) in [6.45, 7) is 3.97. The molecule has 2 atom stereocenters. The molecule has 1 rings (SSSR count). The zero-order valence-electron chi connectivity index (χ0n) is 7.69. The van der Waals surface area contributed by atoms with E-state index in [2.05, 4.69) is 6.58 Å². The van der Waals surface area contributed by atoms with E-state index in [-0.39, 0.29) is 6.10 Å². The van der Waals surface area contributed by atoms with Crippen molar-refractivity contribution in [2.45, 2.75) is 25.2 Å². The molecule has 2 unspecified atom stereocenters. The number of carbonyl (C=O) groups excluding carboxylic acids is 1. The smallest absolute Gasteiger partial charge is 0.330 e. The van der Waals surface area contributed by atoms with Crippen molar-refractivity contribution in [1.82, 2.24) is 0 Å². The van der Waals surface area contributed by atoms with Gasteiger partial charge in [-0.05, 0) is 12.8 Å². The van der Waals surface area contributed by atoms with Gasteiger partial charge >= 0.3 is 5.97 Å². The highest BCUT2D eigenvalue weighted by molar-refractivity contribution is 5.81. The van der Waals surface area contributed by atoms with Crippen LogP contribution in [-0.4, -0.2) is 32.1 Å². The van der Waals surface area contributed by atoms with Crippen LogP contribution in [0.2, 0.25) is 0 Å². The SMILES string of the molecule is C=CC(=O)OC1CCCOC1OC. The van der Waals surface area contributed by atoms with Gasteiger partial charge in [0.15, 0.2) is 12.4 Å². The van der Waals surface area contributed by atoms with Crippen LogP contribution >= 0.6 is 0 Å². The lowest BCUT2D eigenvalue weighted by Crippen LogP contribution is -2.38. The quantitative estimate of drug-likeness (QED) is 0.484. The lowest BCUT2D eigenvalue weighted by molar-refractivity contribution is -0.214. The maximum absolute atomic E-state index is 10.9. The van der Waals surface area contributed by atoms with Crippen LogP contribution in [0.5, 0.6) is 0 Å². The van der Waals surface area contributed by atoms with Crippen LogP contribution in [0.25, 0.3) is 0 Å². The van der Waals surface area contributed by atoms with E-state index in [1.54, 1.807) is 0 Å². The third kappa shape index (κ3) is 2.82. The first-order chi connectivity index (χ1) is 6.27. The number of hydrogen-bond donors (Lipinski definition) is 0. The van der Waals surface area contributed by atoms with E-state index in [9.17, 15) is 4.79 Å². The minimum atomic E-state index is -0.433. The zero-order chi connectivity index (χ0) is 9.68. The highest BCUT2D eigenvalue weighted by Gasteiger charge is 2.28. The predicted octanol–water partition coefficient (Wildman–Crippen LogP) is 0.867. The van der Waals surface area contributed by atoms with Crippen LogP contribution in [0.4, 0.5) is 0 Å². The first-order valence-corrected chi connectivity index (χ1v) is 4.25. The maximum Gasteiger partial charge on any atom is 0.330 e. The van der Waals surface area contributed by atoms with Crippen LogP contribution in [0.15, 0.2) is 12.7 Å². The van der Waals surface area contributed by atoms with Gasteiger partial charge in [-0.1, -0.05) is 6.58 Å². The van der Waals surface area contributed by atoms with Gasteiger partial charge < -0.3 is 14.2 Å². The summed E-state index contributed by atoms with van der Waals surface area (Å²) >= 11 is 0. The van der Waals surface area contributed by atoms with Gasteiger partial charge in [0.25, 0.3) is 0 Å². The fraction of sp³-hybridized carbons (Fsp3) is 0.667. The van der Waals surface area contributed by atoms with Crippen LogP contribution < -0.4 is 0 Å². The molecule has 1 saturated heterocycles. The summed E-state index contributed by atoms with van der Waals surface area (Å²) in [5.74, 6) is -0.433. The van der Waals surface area contributed by atoms with Crippen molar-refractivity contribution < 1.29 is 19.0 Å². The summed E-state index contributed by atoms with van der Waals surface area (Å²) in [4.78, 5) is 10.9. The van der Waals surface area contributed by atoms with Gasteiger partial charge in [-0.3, -0.25) is 0 Å². The van der Waals surface area contributed by atoms with Crippen LogP contribution in [0.3, 0.4) is 0 Å². The van der Waals surface area contributed by atoms with Gasteiger partial charge in [0.1, 0.15) is 0 Å². The first kappa shape index (κ1) is 10.2. The second-order valence-electron chi connectivity index (χ2n) is 2.80. The average molecular weight is 186 g/mol. The van der Waals surface area contributed by atoms with Crippen molar-refractivity contribution in [3.8, 4) is 0 Å². The summed E-state index contributed by atoms with van der Waals surface area (Å²) in [6, 6.07) is 0. The molecule has 0 bridgehead atoms.